The number of aryl methyl sites for hydroxylation is 2. The molecule has 1 aromatic rings. The van der Waals surface area contributed by atoms with Crippen molar-refractivity contribution in [3.63, 3.8) is 0 Å². The molecule has 0 aromatic heterocycles. The minimum Gasteiger partial charge on any atom is -0.493 e. The predicted molar refractivity (Wildman–Crippen MR) is 82.5 cm³/mol. The molecule has 0 amide bonds. The first kappa shape index (κ1) is 16.3. The van der Waals surface area contributed by atoms with Crippen LogP contribution < -0.4 is 10.5 Å². The smallest absolute Gasteiger partial charge is 0.144 e. The van der Waals surface area contributed by atoms with Crippen molar-refractivity contribution in [3.05, 3.63) is 29.3 Å². The molecule has 3 N–H and O–H groups in total. The number of para-hydroxylation sites is 1. The van der Waals surface area contributed by atoms with Gasteiger partial charge >= 0.3 is 0 Å². The molecule has 0 aliphatic heterocycles. The van der Waals surface area contributed by atoms with E-state index in [0.717, 1.165) is 25.0 Å². The fourth-order valence-electron chi connectivity index (χ4n) is 2.13. The molecule has 0 saturated carbocycles. The third-order valence-corrected chi connectivity index (χ3v) is 3.65. The normalized spacial score (nSPS) is 12.5. The minimum atomic E-state index is -0.271. The van der Waals surface area contributed by atoms with Crippen LogP contribution in [0.2, 0.25) is 0 Å². The number of unbranched alkanes of at least 4 members (excludes halogenated alkanes) is 1. The van der Waals surface area contributed by atoms with Crippen LogP contribution in [0.4, 0.5) is 0 Å². The highest BCUT2D eigenvalue weighted by Crippen LogP contribution is 2.25. The van der Waals surface area contributed by atoms with Crippen LogP contribution in [0, 0.1) is 19.3 Å². The van der Waals surface area contributed by atoms with Gasteiger partial charge in [0.15, 0.2) is 0 Å². The molecule has 0 fully saturated rings. The van der Waals surface area contributed by atoms with Gasteiger partial charge in [0, 0.05) is 5.41 Å². The van der Waals surface area contributed by atoms with E-state index >= 15 is 0 Å². The van der Waals surface area contributed by atoms with Crippen LogP contribution in [-0.4, -0.2) is 17.6 Å². The summed E-state index contributed by atoms with van der Waals surface area (Å²) in [7, 11) is 0. The molecule has 0 aliphatic carbocycles. The third-order valence-electron chi connectivity index (χ3n) is 3.65. The lowest BCUT2D eigenvalue weighted by Crippen LogP contribution is -2.31. The lowest BCUT2D eigenvalue weighted by atomic mass is 9.86. The zero-order valence-corrected chi connectivity index (χ0v) is 12.9. The summed E-state index contributed by atoms with van der Waals surface area (Å²) in [5.41, 5.74) is 7.73. The highest BCUT2D eigenvalue weighted by Gasteiger charge is 2.22. The van der Waals surface area contributed by atoms with Crippen molar-refractivity contribution in [3.8, 4) is 5.75 Å². The monoisotopic (exact) mass is 278 g/mol. The van der Waals surface area contributed by atoms with Crippen LogP contribution in [0.15, 0.2) is 23.4 Å². The number of oxime groups is 1. The van der Waals surface area contributed by atoms with Crippen LogP contribution in [0.25, 0.3) is 0 Å². The Kier molecular flexibility index (Phi) is 5.86. The van der Waals surface area contributed by atoms with Gasteiger partial charge < -0.3 is 15.7 Å². The molecule has 0 unspecified atom stereocenters. The summed E-state index contributed by atoms with van der Waals surface area (Å²) in [6.07, 6.45) is 2.81. The summed E-state index contributed by atoms with van der Waals surface area (Å²) in [4.78, 5) is 0. The van der Waals surface area contributed by atoms with Crippen molar-refractivity contribution in [1.82, 2.24) is 0 Å². The molecule has 1 aromatic carbocycles. The van der Waals surface area contributed by atoms with E-state index in [1.165, 1.54) is 11.1 Å². The zero-order valence-electron chi connectivity index (χ0n) is 12.9. The lowest BCUT2D eigenvalue weighted by Gasteiger charge is -2.22. The van der Waals surface area contributed by atoms with Crippen molar-refractivity contribution in [1.29, 1.82) is 0 Å². The van der Waals surface area contributed by atoms with Crippen LogP contribution in [0.1, 0.15) is 44.2 Å². The van der Waals surface area contributed by atoms with Crippen LogP contribution in [0.5, 0.6) is 5.75 Å². The number of ether oxygens (including phenoxy) is 1. The number of amidine groups is 1. The van der Waals surface area contributed by atoms with Crippen molar-refractivity contribution in [2.45, 2.75) is 47.0 Å². The number of nitrogens with two attached hydrogens (primary N) is 1. The van der Waals surface area contributed by atoms with E-state index in [4.69, 9.17) is 15.7 Å². The summed E-state index contributed by atoms with van der Waals surface area (Å²) >= 11 is 0. The average Bonchev–Trinajstić information content (AvgIpc) is 2.40. The van der Waals surface area contributed by atoms with Crippen LogP contribution in [-0.2, 0) is 0 Å². The molecule has 0 saturated heterocycles. The second-order valence-corrected chi connectivity index (χ2v) is 5.90. The van der Waals surface area contributed by atoms with Gasteiger partial charge in [0.25, 0.3) is 0 Å². The first-order chi connectivity index (χ1) is 9.38. The summed E-state index contributed by atoms with van der Waals surface area (Å²) < 4.78 is 5.86. The zero-order chi connectivity index (χ0) is 15.2. The van der Waals surface area contributed by atoms with Gasteiger partial charge in [0.2, 0.25) is 0 Å². The summed E-state index contributed by atoms with van der Waals surface area (Å²) in [6, 6.07) is 6.16. The Morgan fingerprint density at radius 1 is 1.25 bits per heavy atom. The highest BCUT2D eigenvalue weighted by molar-refractivity contribution is 5.85. The molecule has 1 rings (SSSR count). The molecular weight excluding hydrogens is 252 g/mol. The van der Waals surface area contributed by atoms with E-state index in [0.29, 0.717) is 6.61 Å². The molecule has 112 valence electrons. The van der Waals surface area contributed by atoms with E-state index in [1.807, 2.05) is 19.9 Å². The van der Waals surface area contributed by atoms with Gasteiger partial charge in [0.05, 0.1) is 6.61 Å². The second-order valence-electron chi connectivity index (χ2n) is 5.90. The Hall–Kier alpha value is -1.71. The fraction of sp³-hybridized carbons (Fsp3) is 0.562. The minimum absolute atomic E-state index is 0.271. The maximum Gasteiger partial charge on any atom is 0.144 e. The van der Waals surface area contributed by atoms with Gasteiger partial charge in [0.1, 0.15) is 11.6 Å². The van der Waals surface area contributed by atoms with E-state index in [-0.39, 0.29) is 11.3 Å². The molecule has 4 nitrogen and oxygen atoms in total. The largest absolute Gasteiger partial charge is 0.493 e. The van der Waals surface area contributed by atoms with Crippen molar-refractivity contribution >= 4 is 5.84 Å². The Labute approximate surface area is 121 Å². The fourth-order valence-corrected chi connectivity index (χ4v) is 2.13. The molecule has 0 radical (unpaired) electrons. The molecule has 0 heterocycles. The van der Waals surface area contributed by atoms with Gasteiger partial charge in [-0.1, -0.05) is 37.2 Å². The standard InChI is InChI=1S/C16H26N2O2/c1-12-8-7-9-13(2)14(12)20-11-6-5-10-16(3,4)15(17)18-19/h7-9,19H,5-6,10-11H2,1-4H3,(H2,17,18). The number of hydrogen-bond acceptors (Lipinski definition) is 3. The van der Waals surface area contributed by atoms with Gasteiger partial charge in [-0.05, 0) is 44.2 Å². The van der Waals surface area contributed by atoms with E-state index < -0.39 is 0 Å². The summed E-state index contributed by atoms with van der Waals surface area (Å²) in [5.74, 6) is 1.27. The molecule has 20 heavy (non-hydrogen) atoms. The number of benzene rings is 1. The lowest BCUT2D eigenvalue weighted by molar-refractivity contribution is 0.286. The van der Waals surface area contributed by atoms with E-state index in [1.54, 1.807) is 0 Å². The van der Waals surface area contributed by atoms with Gasteiger partial charge in [-0.25, -0.2) is 0 Å². The molecule has 0 bridgehead atoms. The van der Waals surface area contributed by atoms with E-state index in [2.05, 4.69) is 31.1 Å². The van der Waals surface area contributed by atoms with E-state index in [9.17, 15) is 0 Å². The average molecular weight is 278 g/mol. The highest BCUT2D eigenvalue weighted by atomic mass is 16.5. The number of nitrogens with zero attached hydrogens (tertiary/aromatic N) is 1. The SMILES string of the molecule is Cc1cccc(C)c1OCCCCC(C)(C)/C(N)=N/O. The summed E-state index contributed by atoms with van der Waals surface area (Å²) in [6.45, 7) is 8.77. The molecule has 0 aliphatic rings. The first-order valence-corrected chi connectivity index (χ1v) is 7.05. The van der Waals surface area contributed by atoms with Crippen LogP contribution >= 0.6 is 0 Å². The predicted octanol–water partition coefficient (Wildman–Crippen LogP) is 3.63. The Balaban J connectivity index is 2.36. The summed E-state index contributed by atoms with van der Waals surface area (Å²) in [5, 5.41) is 11.8. The molecule has 0 spiro atoms. The Morgan fingerprint density at radius 3 is 2.40 bits per heavy atom. The quantitative estimate of drug-likeness (QED) is 0.263. The first-order valence-electron chi connectivity index (χ1n) is 7.05. The number of rotatable bonds is 7. The Bertz CT molecular complexity index is 447. The van der Waals surface area contributed by atoms with Gasteiger partial charge in [-0.15, -0.1) is 0 Å². The maximum atomic E-state index is 8.72. The molecule has 0 atom stereocenters. The van der Waals surface area contributed by atoms with Crippen molar-refractivity contribution in [2.24, 2.45) is 16.3 Å². The van der Waals surface area contributed by atoms with Crippen molar-refractivity contribution in [2.75, 3.05) is 6.61 Å². The molecule has 4 heteroatoms. The third kappa shape index (κ3) is 4.44. The van der Waals surface area contributed by atoms with Crippen molar-refractivity contribution < 1.29 is 9.94 Å². The second kappa shape index (κ2) is 7.17. The van der Waals surface area contributed by atoms with Crippen LogP contribution in [0.3, 0.4) is 0 Å². The Morgan fingerprint density at radius 2 is 1.85 bits per heavy atom. The van der Waals surface area contributed by atoms with Gasteiger partial charge in [-0.2, -0.15) is 0 Å². The maximum absolute atomic E-state index is 8.72. The number of hydrogen-bond donors (Lipinski definition) is 2. The topological polar surface area (TPSA) is 67.8 Å². The molecular formula is C16H26N2O2. The van der Waals surface area contributed by atoms with Gasteiger partial charge in [-0.3, -0.25) is 0 Å².